The number of aromatic nitrogens is 2. The van der Waals surface area contributed by atoms with E-state index in [0.29, 0.717) is 11.7 Å². The molecule has 0 spiro atoms. The molecule has 1 heterocycles. The Morgan fingerprint density at radius 2 is 1.87 bits per heavy atom. The molecule has 15 heavy (non-hydrogen) atoms. The van der Waals surface area contributed by atoms with Gasteiger partial charge in [-0.15, -0.1) is 0 Å². The van der Waals surface area contributed by atoms with E-state index in [2.05, 4.69) is 9.97 Å². The zero-order chi connectivity index (χ0) is 10.8. The molecule has 0 saturated heterocycles. The maximum atomic E-state index is 5.20. The molecular weight excluding hydrogens is 192 g/mol. The van der Waals surface area contributed by atoms with Crippen LogP contribution in [0, 0.1) is 6.92 Å². The molecule has 0 atom stereocenters. The first-order chi connectivity index (χ1) is 7.24. The predicted molar refractivity (Wildman–Crippen MR) is 57.4 cm³/mol. The minimum atomic E-state index is 0.580. The molecule has 0 aliphatic carbocycles. The van der Waals surface area contributed by atoms with Crippen molar-refractivity contribution in [2.45, 2.75) is 6.92 Å². The van der Waals surface area contributed by atoms with E-state index in [1.807, 2.05) is 25.1 Å². The van der Waals surface area contributed by atoms with Crippen LogP contribution in [0.15, 0.2) is 18.2 Å². The van der Waals surface area contributed by atoms with Gasteiger partial charge in [0.15, 0.2) is 0 Å². The summed E-state index contributed by atoms with van der Waals surface area (Å²) in [5.74, 6) is 2.05. The first-order valence-corrected chi connectivity index (χ1v) is 4.61. The van der Waals surface area contributed by atoms with Crippen LogP contribution in [-0.2, 0) is 0 Å². The van der Waals surface area contributed by atoms with Gasteiger partial charge in [-0.25, -0.2) is 4.98 Å². The molecule has 0 unspecified atom stereocenters. The largest absolute Gasteiger partial charge is 0.497 e. The van der Waals surface area contributed by atoms with Crippen molar-refractivity contribution in [3.63, 3.8) is 0 Å². The SMILES string of the molecule is COc1ccc2nc(C)nc(OC)c2c1. The van der Waals surface area contributed by atoms with Gasteiger partial charge in [0, 0.05) is 0 Å². The van der Waals surface area contributed by atoms with E-state index < -0.39 is 0 Å². The van der Waals surface area contributed by atoms with Crippen molar-refractivity contribution in [3.8, 4) is 11.6 Å². The van der Waals surface area contributed by atoms with Crippen LogP contribution in [0.5, 0.6) is 11.6 Å². The molecule has 1 aromatic carbocycles. The number of nitrogens with zero attached hydrogens (tertiary/aromatic N) is 2. The Bertz CT molecular complexity index is 497. The summed E-state index contributed by atoms with van der Waals surface area (Å²) in [5, 5.41) is 0.863. The molecule has 0 radical (unpaired) electrons. The van der Waals surface area contributed by atoms with Crippen LogP contribution in [0.1, 0.15) is 5.82 Å². The van der Waals surface area contributed by atoms with Gasteiger partial charge in [0.05, 0.1) is 25.1 Å². The van der Waals surface area contributed by atoms with Crippen molar-refractivity contribution >= 4 is 10.9 Å². The van der Waals surface area contributed by atoms with Crippen LogP contribution in [-0.4, -0.2) is 24.2 Å². The van der Waals surface area contributed by atoms with E-state index in [1.165, 1.54) is 0 Å². The van der Waals surface area contributed by atoms with Crippen LogP contribution >= 0.6 is 0 Å². The van der Waals surface area contributed by atoms with Gasteiger partial charge in [0.2, 0.25) is 5.88 Å². The summed E-state index contributed by atoms with van der Waals surface area (Å²) in [6.45, 7) is 1.84. The number of ether oxygens (including phenoxy) is 2. The van der Waals surface area contributed by atoms with Gasteiger partial charge in [-0.05, 0) is 25.1 Å². The molecule has 4 nitrogen and oxygen atoms in total. The van der Waals surface area contributed by atoms with Crippen LogP contribution in [0.3, 0.4) is 0 Å². The third-order valence-corrected chi connectivity index (χ3v) is 2.17. The van der Waals surface area contributed by atoms with E-state index in [1.54, 1.807) is 14.2 Å². The van der Waals surface area contributed by atoms with Gasteiger partial charge in [0.25, 0.3) is 0 Å². The molecule has 4 heteroatoms. The Labute approximate surface area is 87.9 Å². The second-order valence-electron chi connectivity index (χ2n) is 3.16. The Hall–Kier alpha value is -1.84. The minimum absolute atomic E-state index is 0.580. The van der Waals surface area contributed by atoms with Gasteiger partial charge in [0.1, 0.15) is 11.6 Å². The van der Waals surface area contributed by atoms with E-state index >= 15 is 0 Å². The van der Waals surface area contributed by atoms with Gasteiger partial charge in [-0.2, -0.15) is 4.98 Å². The number of methoxy groups -OCH3 is 2. The highest BCUT2D eigenvalue weighted by molar-refractivity contribution is 5.84. The lowest BCUT2D eigenvalue weighted by Gasteiger charge is -2.06. The molecule has 0 aliphatic rings. The zero-order valence-corrected chi connectivity index (χ0v) is 8.94. The summed E-state index contributed by atoms with van der Waals surface area (Å²) in [6, 6.07) is 5.63. The number of fused-ring (bicyclic) bond motifs is 1. The average molecular weight is 204 g/mol. The fourth-order valence-corrected chi connectivity index (χ4v) is 1.47. The molecule has 0 saturated carbocycles. The predicted octanol–water partition coefficient (Wildman–Crippen LogP) is 1.96. The second-order valence-corrected chi connectivity index (χ2v) is 3.16. The lowest BCUT2D eigenvalue weighted by molar-refractivity contribution is 0.399. The maximum Gasteiger partial charge on any atom is 0.224 e. The lowest BCUT2D eigenvalue weighted by atomic mass is 10.2. The second kappa shape index (κ2) is 3.73. The standard InChI is InChI=1S/C11H12N2O2/c1-7-12-10-5-4-8(14-2)6-9(10)11(13-7)15-3/h4-6H,1-3H3. The molecule has 0 fully saturated rings. The molecule has 1 aromatic heterocycles. The van der Waals surface area contributed by atoms with Gasteiger partial charge < -0.3 is 9.47 Å². The first-order valence-electron chi connectivity index (χ1n) is 4.61. The third-order valence-electron chi connectivity index (χ3n) is 2.17. The molecule has 2 rings (SSSR count). The van der Waals surface area contributed by atoms with Crippen molar-refractivity contribution < 1.29 is 9.47 Å². The third kappa shape index (κ3) is 1.70. The van der Waals surface area contributed by atoms with Crippen molar-refractivity contribution in [1.82, 2.24) is 9.97 Å². The minimum Gasteiger partial charge on any atom is -0.497 e. The van der Waals surface area contributed by atoms with E-state index in [-0.39, 0.29) is 0 Å². The zero-order valence-electron chi connectivity index (χ0n) is 8.94. The summed E-state index contributed by atoms with van der Waals surface area (Å²) in [6.07, 6.45) is 0. The highest BCUT2D eigenvalue weighted by atomic mass is 16.5. The Morgan fingerprint density at radius 1 is 1.07 bits per heavy atom. The summed E-state index contributed by atoms with van der Waals surface area (Å²) in [4.78, 5) is 8.52. The summed E-state index contributed by atoms with van der Waals surface area (Å²) >= 11 is 0. The molecular formula is C11H12N2O2. The highest BCUT2D eigenvalue weighted by Gasteiger charge is 2.06. The summed E-state index contributed by atoms with van der Waals surface area (Å²) in [5.41, 5.74) is 0.861. The Morgan fingerprint density at radius 3 is 2.53 bits per heavy atom. The summed E-state index contributed by atoms with van der Waals surface area (Å²) in [7, 11) is 3.23. The molecule has 0 aliphatic heterocycles. The van der Waals surface area contributed by atoms with Gasteiger partial charge in [-0.3, -0.25) is 0 Å². The topological polar surface area (TPSA) is 44.2 Å². The van der Waals surface area contributed by atoms with Crippen LogP contribution in [0.4, 0.5) is 0 Å². The van der Waals surface area contributed by atoms with Crippen molar-refractivity contribution in [1.29, 1.82) is 0 Å². The number of hydrogen-bond acceptors (Lipinski definition) is 4. The van der Waals surface area contributed by atoms with Crippen LogP contribution in [0.25, 0.3) is 10.9 Å². The van der Waals surface area contributed by atoms with E-state index in [4.69, 9.17) is 9.47 Å². The fourth-order valence-electron chi connectivity index (χ4n) is 1.47. The Kier molecular flexibility index (Phi) is 2.41. The monoisotopic (exact) mass is 204 g/mol. The molecule has 0 amide bonds. The van der Waals surface area contributed by atoms with Gasteiger partial charge in [-0.1, -0.05) is 0 Å². The maximum absolute atomic E-state index is 5.20. The molecule has 2 aromatic rings. The van der Waals surface area contributed by atoms with Crippen LogP contribution in [0.2, 0.25) is 0 Å². The normalized spacial score (nSPS) is 10.3. The average Bonchev–Trinajstić information content (AvgIpc) is 2.27. The number of rotatable bonds is 2. The summed E-state index contributed by atoms with van der Waals surface area (Å²) < 4.78 is 10.3. The highest BCUT2D eigenvalue weighted by Crippen LogP contribution is 2.26. The smallest absolute Gasteiger partial charge is 0.224 e. The Balaban J connectivity index is 2.73. The molecule has 78 valence electrons. The van der Waals surface area contributed by atoms with Crippen molar-refractivity contribution in [2.75, 3.05) is 14.2 Å². The number of benzene rings is 1. The van der Waals surface area contributed by atoms with Crippen molar-refractivity contribution in [3.05, 3.63) is 24.0 Å². The number of hydrogen-bond donors (Lipinski definition) is 0. The van der Waals surface area contributed by atoms with Gasteiger partial charge >= 0.3 is 0 Å². The van der Waals surface area contributed by atoms with E-state index in [0.717, 1.165) is 16.7 Å². The molecule has 0 N–H and O–H groups in total. The fraction of sp³-hybridized carbons (Fsp3) is 0.273. The van der Waals surface area contributed by atoms with Crippen molar-refractivity contribution in [2.24, 2.45) is 0 Å². The van der Waals surface area contributed by atoms with E-state index in [9.17, 15) is 0 Å². The molecule has 0 bridgehead atoms. The quantitative estimate of drug-likeness (QED) is 0.750. The number of aryl methyl sites for hydroxylation is 1. The lowest BCUT2D eigenvalue weighted by Crippen LogP contribution is -1.95. The first kappa shape index (κ1) is 9.71. The van der Waals surface area contributed by atoms with Crippen LogP contribution < -0.4 is 9.47 Å².